The summed E-state index contributed by atoms with van der Waals surface area (Å²) in [5, 5.41) is 5.61. The molecule has 2 N–H and O–H groups in total. The van der Waals surface area contributed by atoms with Crippen LogP contribution in [-0.2, 0) is 9.59 Å². The maximum Gasteiger partial charge on any atom is 0.265 e. The molecule has 0 fully saturated rings. The fourth-order valence-corrected chi connectivity index (χ4v) is 2.28. The zero-order valence-electron chi connectivity index (χ0n) is 14.8. The monoisotopic (exact) mass is 340 g/mol. The summed E-state index contributed by atoms with van der Waals surface area (Å²) in [5.74, 6) is 0.434. The summed E-state index contributed by atoms with van der Waals surface area (Å²) >= 11 is 0. The molecule has 25 heavy (non-hydrogen) atoms. The Balaban J connectivity index is 1.98. The van der Waals surface area contributed by atoms with Crippen LogP contribution in [0.3, 0.4) is 0 Å². The van der Waals surface area contributed by atoms with E-state index in [0.717, 1.165) is 5.56 Å². The Labute approximate surface area is 148 Å². The second-order valence-electron chi connectivity index (χ2n) is 5.80. The Bertz CT molecular complexity index is 726. The lowest BCUT2D eigenvalue weighted by molar-refractivity contribution is -0.122. The summed E-state index contributed by atoms with van der Waals surface area (Å²) in [6.45, 7) is 5.68. The van der Waals surface area contributed by atoms with Gasteiger partial charge in [0.2, 0.25) is 5.91 Å². The highest BCUT2D eigenvalue weighted by Crippen LogP contribution is 2.18. The average Bonchev–Trinajstić information content (AvgIpc) is 2.61. The number of nitrogens with one attached hydrogen (secondary N) is 2. The number of hydrogen-bond acceptors (Lipinski definition) is 3. The van der Waals surface area contributed by atoms with E-state index in [1.165, 1.54) is 0 Å². The van der Waals surface area contributed by atoms with Gasteiger partial charge in [0.1, 0.15) is 5.75 Å². The molecule has 0 unspecified atom stereocenters. The van der Waals surface area contributed by atoms with Gasteiger partial charge in [0.25, 0.3) is 5.91 Å². The van der Waals surface area contributed by atoms with Gasteiger partial charge >= 0.3 is 0 Å². The summed E-state index contributed by atoms with van der Waals surface area (Å²) in [5.41, 5.74) is 2.44. The minimum absolute atomic E-state index is 0.0469. The van der Waals surface area contributed by atoms with Gasteiger partial charge in [-0.1, -0.05) is 26.0 Å². The van der Waals surface area contributed by atoms with Crippen LogP contribution in [0, 0.1) is 6.92 Å². The molecule has 1 atom stereocenters. The zero-order valence-corrected chi connectivity index (χ0v) is 14.8. The predicted octanol–water partition coefficient (Wildman–Crippen LogP) is 4.14. The summed E-state index contributed by atoms with van der Waals surface area (Å²) in [7, 11) is 0. The fourth-order valence-electron chi connectivity index (χ4n) is 2.28. The molecule has 5 nitrogen and oxygen atoms in total. The summed E-state index contributed by atoms with van der Waals surface area (Å²) in [4.78, 5) is 23.8. The van der Waals surface area contributed by atoms with E-state index in [4.69, 9.17) is 4.74 Å². The van der Waals surface area contributed by atoms with Crippen LogP contribution in [0.5, 0.6) is 5.75 Å². The molecule has 0 aliphatic carbocycles. The summed E-state index contributed by atoms with van der Waals surface area (Å²) < 4.78 is 5.80. The Morgan fingerprint density at radius 1 is 1.00 bits per heavy atom. The van der Waals surface area contributed by atoms with Crippen molar-refractivity contribution < 1.29 is 14.3 Å². The predicted molar refractivity (Wildman–Crippen MR) is 99.9 cm³/mol. The topological polar surface area (TPSA) is 67.4 Å². The van der Waals surface area contributed by atoms with Crippen molar-refractivity contribution in [2.24, 2.45) is 0 Å². The van der Waals surface area contributed by atoms with Crippen molar-refractivity contribution >= 4 is 23.2 Å². The van der Waals surface area contributed by atoms with Crippen LogP contribution in [-0.4, -0.2) is 17.9 Å². The van der Waals surface area contributed by atoms with Crippen LogP contribution >= 0.6 is 0 Å². The van der Waals surface area contributed by atoms with Gasteiger partial charge in [0.15, 0.2) is 6.10 Å². The number of rotatable bonds is 7. The molecule has 5 heteroatoms. The van der Waals surface area contributed by atoms with Crippen molar-refractivity contribution in [3.8, 4) is 5.75 Å². The first-order valence-corrected chi connectivity index (χ1v) is 8.46. The molecular weight excluding hydrogens is 316 g/mol. The second-order valence-corrected chi connectivity index (χ2v) is 5.80. The quantitative estimate of drug-likeness (QED) is 0.796. The number of hydrogen-bond donors (Lipinski definition) is 2. The molecule has 0 aromatic heterocycles. The van der Waals surface area contributed by atoms with Gasteiger partial charge in [-0.05, 0) is 55.3 Å². The third-order valence-corrected chi connectivity index (χ3v) is 3.69. The normalized spacial score (nSPS) is 11.5. The van der Waals surface area contributed by atoms with Gasteiger partial charge < -0.3 is 15.4 Å². The summed E-state index contributed by atoms with van der Waals surface area (Å²) in [6.07, 6.45) is 0.415. The van der Waals surface area contributed by atoms with Crippen LogP contribution in [0.2, 0.25) is 0 Å². The number of carbonyl (C=O) groups excluding carboxylic acids is 2. The lowest BCUT2D eigenvalue weighted by Crippen LogP contribution is -2.32. The van der Waals surface area contributed by atoms with E-state index in [0.29, 0.717) is 30.0 Å². The van der Waals surface area contributed by atoms with Gasteiger partial charge in [-0.3, -0.25) is 9.59 Å². The molecule has 0 saturated carbocycles. The highest BCUT2D eigenvalue weighted by Gasteiger charge is 2.18. The third kappa shape index (κ3) is 5.64. The number of anilines is 2. The molecule has 0 radical (unpaired) electrons. The van der Waals surface area contributed by atoms with Crippen molar-refractivity contribution in [1.29, 1.82) is 0 Å². The first-order chi connectivity index (χ1) is 12.0. The van der Waals surface area contributed by atoms with Crippen molar-refractivity contribution in [3.05, 3.63) is 54.1 Å². The van der Waals surface area contributed by atoms with E-state index in [-0.39, 0.29) is 11.8 Å². The molecule has 0 aliphatic heterocycles. The smallest absolute Gasteiger partial charge is 0.265 e. The maximum absolute atomic E-state index is 12.4. The molecule has 2 aromatic rings. The van der Waals surface area contributed by atoms with Crippen molar-refractivity contribution in [2.75, 3.05) is 10.6 Å². The fraction of sp³-hybridized carbons (Fsp3) is 0.300. The largest absolute Gasteiger partial charge is 0.481 e. The second kappa shape index (κ2) is 8.87. The number of amides is 2. The van der Waals surface area contributed by atoms with E-state index in [2.05, 4.69) is 10.6 Å². The van der Waals surface area contributed by atoms with Gasteiger partial charge in [-0.15, -0.1) is 0 Å². The van der Waals surface area contributed by atoms with Gasteiger partial charge in [-0.2, -0.15) is 0 Å². The number of aryl methyl sites for hydroxylation is 1. The Morgan fingerprint density at radius 2 is 1.64 bits per heavy atom. The third-order valence-electron chi connectivity index (χ3n) is 3.69. The van der Waals surface area contributed by atoms with E-state index >= 15 is 0 Å². The SMILES string of the molecule is CCC(=O)Nc1ccc(NC(=O)[C@H](CC)Oc2cccc(C)c2)cc1. The molecule has 132 valence electrons. The number of ether oxygens (including phenoxy) is 1. The average molecular weight is 340 g/mol. The van der Waals surface area contributed by atoms with Gasteiger partial charge in [0.05, 0.1) is 0 Å². The highest BCUT2D eigenvalue weighted by molar-refractivity contribution is 5.95. The van der Waals surface area contributed by atoms with E-state index in [1.807, 2.05) is 38.1 Å². The van der Waals surface area contributed by atoms with Crippen molar-refractivity contribution in [1.82, 2.24) is 0 Å². The minimum Gasteiger partial charge on any atom is -0.481 e. The first kappa shape index (κ1) is 18.5. The Kier molecular flexibility index (Phi) is 6.57. The molecule has 0 aliphatic rings. The Morgan fingerprint density at radius 3 is 2.20 bits per heavy atom. The lowest BCUT2D eigenvalue weighted by atomic mass is 10.2. The minimum atomic E-state index is -0.568. The molecule has 0 spiro atoms. The summed E-state index contributed by atoms with van der Waals surface area (Å²) in [6, 6.07) is 14.6. The number of benzene rings is 2. The molecule has 0 bridgehead atoms. The van der Waals surface area contributed by atoms with Crippen LogP contribution in [0.4, 0.5) is 11.4 Å². The van der Waals surface area contributed by atoms with Crippen molar-refractivity contribution in [3.63, 3.8) is 0 Å². The maximum atomic E-state index is 12.4. The van der Waals surface area contributed by atoms with E-state index < -0.39 is 6.10 Å². The van der Waals surface area contributed by atoms with Gasteiger partial charge in [-0.25, -0.2) is 0 Å². The van der Waals surface area contributed by atoms with E-state index in [9.17, 15) is 9.59 Å². The van der Waals surface area contributed by atoms with Crippen molar-refractivity contribution in [2.45, 2.75) is 39.7 Å². The first-order valence-electron chi connectivity index (χ1n) is 8.46. The molecule has 2 aromatic carbocycles. The Hall–Kier alpha value is -2.82. The standard InChI is InChI=1S/C20H24N2O3/c1-4-18(25-17-8-6-7-14(3)13-17)20(24)22-16-11-9-15(10-12-16)21-19(23)5-2/h6-13,18H,4-5H2,1-3H3,(H,21,23)(H,22,24)/t18-/m0/s1. The molecule has 0 saturated heterocycles. The highest BCUT2D eigenvalue weighted by atomic mass is 16.5. The number of carbonyl (C=O) groups is 2. The lowest BCUT2D eigenvalue weighted by Gasteiger charge is -2.17. The molecular formula is C20H24N2O3. The van der Waals surface area contributed by atoms with Crippen LogP contribution in [0.15, 0.2) is 48.5 Å². The van der Waals surface area contributed by atoms with Gasteiger partial charge in [0, 0.05) is 17.8 Å². The van der Waals surface area contributed by atoms with Crippen LogP contribution < -0.4 is 15.4 Å². The van der Waals surface area contributed by atoms with Crippen LogP contribution in [0.1, 0.15) is 32.3 Å². The van der Waals surface area contributed by atoms with Crippen LogP contribution in [0.25, 0.3) is 0 Å². The molecule has 2 rings (SSSR count). The molecule has 0 heterocycles. The van der Waals surface area contributed by atoms with E-state index in [1.54, 1.807) is 31.2 Å². The zero-order chi connectivity index (χ0) is 18.2. The molecule has 2 amide bonds.